The van der Waals surface area contributed by atoms with Gasteiger partial charge >= 0.3 is 18.3 Å². The highest BCUT2D eigenvalue weighted by Gasteiger charge is 2.45. The zero-order chi connectivity index (χ0) is 26.0. The first kappa shape index (κ1) is 26.8. The minimum atomic E-state index is -5.08. The number of benzene rings is 2. The number of carbonyl (C=O) groups is 2. The van der Waals surface area contributed by atoms with Gasteiger partial charge in [-0.05, 0) is 30.2 Å². The minimum Gasteiger partial charge on any atom is -0.492 e. The van der Waals surface area contributed by atoms with Gasteiger partial charge in [-0.25, -0.2) is 4.79 Å². The van der Waals surface area contributed by atoms with E-state index in [1.54, 1.807) is 6.07 Å². The number of halogens is 7. The van der Waals surface area contributed by atoms with Crippen molar-refractivity contribution in [2.75, 3.05) is 13.2 Å². The summed E-state index contributed by atoms with van der Waals surface area (Å²) in [5.74, 6) is -2.72. The number of amides is 1. The molecule has 13 heteroatoms. The van der Waals surface area contributed by atoms with E-state index in [0.717, 1.165) is 10.5 Å². The van der Waals surface area contributed by atoms with E-state index in [9.17, 15) is 31.1 Å². The monoisotopic (exact) mass is 568 g/mol. The molecule has 0 aromatic heterocycles. The first-order chi connectivity index (χ1) is 16.3. The van der Waals surface area contributed by atoms with Gasteiger partial charge in [0.15, 0.2) is 0 Å². The Kier molecular flexibility index (Phi) is 8.00. The number of ether oxygens (including phenoxy) is 1. The van der Waals surface area contributed by atoms with E-state index in [1.807, 2.05) is 18.2 Å². The van der Waals surface area contributed by atoms with Crippen LogP contribution in [0.2, 0.25) is 0 Å². The molecule has 0 bridgehead atoms. The van der Waals surface area contributed by atoms with Crippen LogP contribution in [-0.4, -0.2) is 42.4 Å². The number of carboxylic acid groups (broad SMARTS) is 1. The molecule has 0 spiro atoms. The molecule has 0 radical (unpaired) electrons. The molecular weight excluding hydrogens is 550 g/mol. The minimum absolute atomic E-state index is 0.238. The van der Waals surface area contributed by atoms with Crippen LogP contribution in [0, 0.1) is 0 Å². The molecule has 3 atom stereocenters. The van der Waals surface area contributed by atoms with Crippen LogP contribution in [0.25, 0.3) is 0 Å². The van der Waals surface area contributed by atoms with E-state index in [0.29, 0.717) is 30.9 Å². The van der Waals surface area contributed by atoms with Crippen LogP contribution in [-0.2, 0) is 15.8 Å². The van der Waals surface area contributed by atoms with Gasteiger partial charge in [-0.2, -0.15) is 26.3 Å². The second-order valence-corrected chi connectivity index (χ2v) is 8.68. The van der Waals surface area contributed by atoms with Crippen LogP contribution in [0.3, 0.4) is 0 Å². The fraction of sp³-hybridized carbons (Fsp3) is 0.364. The highest BCUT2D eigenvalue weighted by Crippen LogP contribution is 2.46. The highest BCUT2D eigenvalue weighted by atomic mass is 79.9. The normalized spacial score (nSPS) is 21.4. The van der Waals surface area contributed by atoms with Crippen LogP contribution in [0.1, 0.15) is 35.1 Å². The third kappa shape index (κ3) is 6.88. The Morgan fingerprint density at radius 2 is 1.71 bits per heavy atom. The van der Waals surface area contributed by atoms with Gasteiger partial charge in [0.2, 0.25) is 5.91 Å². The first-order valence-corrected chi connectivity index (χ1v) is 11.0. The molecule has 3 N–H and O–H groups in total. The Morgan fingerprint density at radius 3 is 2.34 bits per heavy atom. The third-order valence-electron chi connectivity index (χ3n) is 5.28. The number of fused-ring (bicyclic) bond motifs is 1. The lowest BCUT2D eigenvalue weighted by atomic mass is 10.0. The number of carbonyl (C=O) groups excluding carboxylic acids is 1. The van der Waals surface area contributed by atoms with E-state index >= 15 is 0 Å². The maximum atomic E-state index is 13.2. The number of hydrogen-bond donors (Lipinski definition) is 3. The highest BCUT2D eigenvalue weighted by molar-refractivity contribution is 9.10. The van der Waals surface area contributed by atoms with Gasteiger partial charge in [0, 0.05) is 28.5 Å². The van der Waals surface area contributed by atoms with Crippen molar-refractivity contribution in [3.63, 3.8) is 0 Å². The molecule has 1 fully saturated rings. The lowest BCUT2D eigenvalue weighted by molar-refractivity contribution is -0.192. The zero-order valence-electron chi connectivity index (χ0n) is 17.7. The van der Waals surface area contributed by atoms with Crippen molar-refractivity contribution < 1.29 is 45.8 Å². The Balaban J connectivity index is 0.000000429. The number of rotatable bonds is 3. The van der Waals surface area contributed by atoms with Gasteiger partial charge in [0.05, 0.1) is 5.56 Å². The Hall–Kier alpha value is -2.80. The summed E-state index contributed by atoms with van der Waals surface area (Å²) in [4.78, 5) is 21.7. The molecule has 1 unspecified atom stereocenters. The van der Waals surface area contributed by atoms with Crippen LogP contribution >= 0.6 is 15.9 Å². The van der Waals surface area contributed by atoms with E-state index in [1.165, 1.54) is 12.1 Å². The summed E-state index contributed by atoms with van der Waals surface area (Å²) < 4.78 is 78.0. The molecule has 0 saturated heterocycles. The molecule has 2 aliphatic rings. The van der Waals surface area contributed by atoms with Gasteiger partial charge < -0.3 is 15.2 Å². The average molecular weight is 569 g/mol. The Morgan fingerprint density at radius 1 is 1.06 bits per heavy atom. The van der Waals surface area contributed by atoms with Crippen molar-refractivity contribution in [2.24, 2.45) is 0 Å². The molecule has 190 valence electrons. The molecule has 1 amide bonds. The van der Waals surface area contributed by atoms with E-state index in [-0.39, 0.29) is 23.4 Å². The number of aliphatic carboxylic acids is 1. The van der Waals surface area contributed by atoms with Crippen molar-refractivity contribution >= 4 is 27.8 Å². The summed E-state index contributed by atoms with van der Waals surface area (Å²) in [7, 11) is 0. The molecule has 4 rings (SSSR count). The van der Waals surface area contributed by atoms with Gasteiger partial charge in [-0.15, -0.1) is 0 Å². The average Bonchev–Trinajstić information content (AvgIpc) is 3.55. The Bertz CT molecular complexity index is 1090. The first-order valence-electron chi connectivity index (χ1n) is 10.2. The topological polar surface area (TPSA) is 87.7 Å². The molecule has 6 nitrogen and oxygen atoms in total. The van der Waals surface area contributed by atoms with E-state index < -0.39 is 29.9 Å². The van der Waals surface area contributed by atoms with Gasteiger partial charge in [0.1, 0.15) is 18.4 Å². The molecule has 2 aromatic rings. The fourth-order valence-corrected chi connectivity index (χ4v) is 3.96. The molecule has 2 aromatic carbocycles. The van der Waals surface area contributed by atoms with Crippen LogP contribution in [0.5, 0.6) is 5.75 Å². The summed E-state index contributed by atoms with van der Waals surface area (Å²) in [5, 5.41) is 13.2. The van der Waals surface area contributed by atoms with Crippen molar-refractivity contribution in [1.82, 2.24) is 10.6 Å². The van der Waals surface area contributed by atoms with Crippen molar-refractivity contribution in [3.8, 4) is 5.75 Å². The molecule has 1 aliphatic carbocycles. The maximum Gasteiger partial charge on any atom is 0.490 e. The number of nitrogens with one attached hydrogen (secondary N) is 2. The summed E-state index contributed by atoms with van der Waals surface area (Å²) in [6, 6.07) is 10.1. The summed E-state index contributed by atoms with van der Waals surface area (Å²) in [6.45, 7) is 0.924. The molecule has 1 heterocycles. The van der Waals surface area contributed by atoms with Crippen molar-refractivity contribution in [3.05, 3.63) is 63.6 Å². The third-order valence-corrected chi connectivity index (χ3v) is 5.78. The molecule has 1 saturated carbocycles. The number of carboxylic acids is 1. The maximum absolute atomic E-state index is 13.2. The molecule has 1 aliphatic heterocycles. The SMILES string of the molecule is O=C(N[C@@H]1C[C@H]1c1ccccc1C(F)(F)F)C1NCCOc2cc(Br)ccc21.O=C(O)C(F)(F)F. The van der Waals surface area contributed by atoms with Crippen LogP contribution < -0.4 is 15.4 Å². The smallest absolute Gasteiger partial charge is 0.490 e. The lowest BCUT2D eigenvalue weighted by Crippen LogP contribution is -2.39. The molecule has 35 heavy (non-hydrogen) atoms. The summed E-state index contributed by atoms with van der Waals surface area (Å²) in [6.07, 6.45) is -8.99. The van der Waals surface area contributed by atoms with Gasteiger partial charge in [-0.3, -0.25) is 10.1 Å². The van der Waals surface area contributed by atoms with Gasteiger partial charge in [0.25, 0.3) is 0 Å². The standard InChI is InChI=1S/C20H18BrF3N2O2.C2HF3O2/c21-11-5-6-13-17(9-11)28-8-7-25-18(13)19(27)26-16-10-14(16)12-3-1-2-4-15(12)20(22,23)24;3-2(4,5)1(6)7/h1-6,9,14,16,18,25H,7-8,10H2,(H,26,27);(H,6,7)/t14-,16+,18?;/m0./s1. The summed E-state index contributed by atoms with van der Waals surface area (Å²) in [5.41, 5.74) is 0.320. The predicted octanol–water partition coefficient (Wildman–Crippen LogP) is 4.80. The summed E-state index contributed by atoms with van der Waals surface area (Å²) >= 11 is 3.39. The number of alkyl halides is 6. The van der Waals surface area contributed by atoms with Crippen molar-refractivity contribution in [2.45, 2.75) is 36.8 Å². The second-order valence-electron chi connectivity index (χ2n) is 7.76. The quantitative estimate of drug-likeness (QED) is 0.463. The lowest BCUT2D eigenvalue weighted by Gasteiger charge is -2.18. The van der Waals surface area contributed by atoms with Gasteiger partial charge in [-0.1, -0.05) is 40.2 Å². The Labute approximate surface area is 203 Å². The predicted molar refractivity (Wildman–Crippen MR) is 115 cm³/mol. The van der Waals surface area contributed by atoms with E-state index in [2.05, 4.69) is 26.6 Å². The second kappa shape index (κ2) is 10.4. The number of hydrogen-bond acceptors (Lipinski definition) is 4. The molecular formula is C22H19BrF6N2O4. The van der Waals surface area contributed by atoms with E-state index in [4.69, 9.17) is 14.6 Å². The van der Waals surface area contributed by atoms with Crippen molar-refractivity contribution in [1.29, 1.82) is 0 Å². The largest absolute Gasteiger partial charge is 0.492 e. The fourth-order valence-electron chi connectivity index (χ4n) is 3.62. The zero-order valence-corrected chi connectivity index (χ0v) is 19.3. The van der Waals surface area contributed by atoms with Crippen LogP contribution in [0.4, 0.5) is 26.3 Å². The van der Waals surface area contributed by atoms with Crippen LogP contribution in [0.15, 0.2) is 46.9 Å².